The fourth-order valence-corrected chi connectivity index (χ4v) is 3.63. The van der Waals surface area contributed by atoms with Gasteiger partial charge in [0.05, 0.1) is 18.1 Å². The molecule has 0 spiro atoms. The molecule has 0 amide bonds. The van der Waals surface area contributed by atoms with E-state index < -0.39 is 0 Å². The highest BCUT2D eigenvalue weighted by Gasteiger charge is 2.27. The Labute approximate surface area is 127 Å². The van der Waals surface area contributed by atoms with Gasteiger partial charge in [0.2, 0.25) is 0 Å². The van der Waals surface area contributed by atoms with Gasteiger partial charge in [-0.2, -0.15) is 0 Å². The Morgan fingerprint density at radius 1 is 1.40 bits per heavy atom. The van der Waals surface area contributed by atoms with Crippen LogP contribution in [0.4, 0.5) is 5.69 Å². The van der Waals surface area contributed by atoms with Gasteiger partial charge in [-0.25, -0.2) is 0 Å². The average Bonchev–Trinajstić information content (AvgIpc) is 2.42. The van der Waals surface area contributed by atoms with Gasteiger partial charge < -0.3 is 4.74 Å². The Hall–Kier alpha value is -1.10. The summed E-state index contributed by atoms with van der Waals surface area (Å²) in [4.78, 5) is 11.1. The number of non-ortho nitro benzene ring substituents is 1. The zero-order valence-electron chi connectivity index (χ0n) is 11.8. The first-order valence-electron chi connectivity index (χ1n) is 6.96. The molecule has 3 unspecified atom stereocenters. The Morgan fingerprint density at radius 2 is 2.15 bits per heavy atom. The Balaban J connectivity index is 2.19. The predicted molar refractivity (Wildman–Crippen MR) is 82.6 cm³/mol. The first-order valence-corrected chi connectivity index (χ1v) is 7.87. The van der Waals surface area contributed by atoms with E-state index in [2.05, 4.69) is 22.9 Å². The zero-order valence-corrected chi connectivity index (χ0v) is 13.4. The Bertz CT molecular complexity index is 492. The molecule has 0 aromatic heterocycles. The molecule has 5 heteroatoms. The van der Waals surface area contributed by atoms with E-state index in [-0.39, 0.29) is 10.6 Å². The van der Waals surface area contributed by atoms with E-state index in [4.69, 9.17) is 4.74 Å². The summed E-state index contributed by atoms with van der Waals surface area (Å²) in [6.07, 6.45) is 4.46. The fourth-order valence-electron chi connectivity index (χ4n) is 2.96. The smallest absolute Gasteiger partial charge is 0.273 e. The van der Waals surface area contributed by atoms with Gasteiger partial charge in [-0.3, -0.25) is 10.1 Å². The van der Waals surface area contributed by atoms with Crippen LogP contribution in [0, 0.1) is 22.0 Å². The van der Waals surface area contributed by atoms with Crippen molar-refractivity contribution in [1.82, 2.24) is 0 Å². The highest BCUT2D eigenvalue weighted by molar-refractivity contribution is 9.09. The van der Waals surface area contributed by atoms with Crippen LogP contribution in [0.25, 0.3) is 0 Å². The molecule has 1 saturated carbocycles. The molecule has 4 nitrogen and oxygen atoms in total. The van der Waals surface area contributed by atoms with Gasteiger partial charge in [0.25, 0.3) is 5.69 Å². The second kappa shape index (κ2) is 6.57. The van der Waals surface area contributed by atoms with Crippen molar-refractivity contribution < 1.29 is 9.66 Å². The molecule has 0 heterocycles. The van der Waals surface area contributed by atoms with Crippen LogP contribution in [-0.4, -0.2) is 16.9 Å². The standard InChI is InChI=1S/C15H20BrNO3/c1-10-3-4-15(16)12(5-10)6-11-7-13(17(18)19)9-14(8-11)20-2/h7-10,12,15H,3-6H2,1-2H3. The number of methoxy groups -OCH3 is 1. The van der Waals surface area contributed by atoms with E-state index in [1.807, 2.05) is 6.07 Å². The van der Waals surface area contributed by atoms with E-state index in [0.717, 1.165) is 17.9 Å². The largest absolute Gasteiger partial charge is 0.496 e. The predicted octanol–water partition coefficient (Wildman–Crippen LogP) is 4.35. The van der Waals surface area contributed by atoms with Crippen LogP contribution in [0.5, 0.6) is 5.75 Å². The van der Waals surface area contributed by atoms with Crippen molar-refractivity contribution in [2.24, 2.45) is 11.8 Å². The normalized spacial score (nSPS) is 26.2. The molecule has 2 rings (SSSR count). The average molecular weight is 342 g/mol. The summed E-state index contributed by atoms with van der Waals surface area (Å²) in [6.45, 7) is 2.28. The lowest BCUT2D eigenvalue weighted by Gasteiger charge is -2.31. The summed E-state index contributed by atoms with van der Waals surface area (Å²) in [5.41, 5.74) is 1.09. The second-order valence-electron chi connectivity index (χ2n) is 5.69. The first-order chi connectivity index (χ1) is 9.49. The van der Waals surface area contributed by atoms with Crippen molar-refractivity contribution in [3.05, 3.63) is 33.9 Å². The van der Waals surface area contributed by atoms with E-state index in [0.29, 0.717) is 16.5 Å². The molecule has 1 aromatic rings. The molecule has 0 N–H and O–H groups in total. The monoisotopic (exact) mass is 341 g/mol. The summed E-state index contributed by atoms with van der Waals surface area (Å²) >= 11 is 3.76. The number of benzene rings is 1. The highest BCUT2D eigenvalue weighted by Crippen LogP contribution is 2.36. The van der Waals surface area contributed by atoms with Crippen LogP contribution in [-0.2, 0) is 6.42 Å². The van der Waals surface area contributed by atoms with Crippen molar-refractivity contribution in [2.75, 3.05) is 7.11 Å². The van der Waals surface area contributed by atoms with Gasteiger partial charge in [0.1, 0.15) is 5.75 Å². The van der Waals surface area contributed by atoms with E-state index in [1.165, 1.54) is 25.3 Å². The Morgan fingerprint density at radius 3 is 2.80 bits per heavy atom. The molecule has 1 fully saturated rings. The topological polar surface area (TPSA) is 52.4 Å². The summed E-state index contributed by atoms with van der Waals surface area (Å²) in [7, 11) is 1.54. The fraction of sp³-hybridized carbons (Fsp3) is 0.600. The SMILES string of the molecule is COc1cc(CC2CC(C)CCC2Br)cc([N+](=O)[O-])c1. The van der Waals surface area contributed by atoms with Crippen LogP contribution in [0.3, 0.4) is 0 Å². The van der Waals surface area contributed by atoms with Crippen molar-refractivity contribution in [1.29, 1.82) is 0 Å². The molecule has 20 heavy (non-hydrogen) atoms. The number of rotatable bonds is 4. The molecule has 0 radical (unpaired) electrons. The number of hydrogen-bond acceptors (Lipinski definition) is 3. The summed E-state index contributed by atoms with van der Waals surface area (Å²) < 4.78 is 5.17. The number of alkyl halides is 1. The molecule has 110 valence electrons. The third-order valence-corrected chi connectivity index (χ3v) is 5.25. The molecule has 3 atom stereocenters. The summed E-state index contributed by atoms with van der Waals surface area (Å²) in [5.74, 6) is 1.82. The van der Waals surface area contributed by atoms with Gasteiger partial charge in [0.15, 0.2) is 0 Å². The molecular formula is C15H20BrNO3. The maximum Gasteiger partial charge on any atom is 0.273 e. The second-order valence-corrected chi connectivity index (χ2v) is 6.87. The van der Waals surface area contributed by atoms with Crippen LogP contribution < -0.4 is 4.74 Å². The number of nitro groups is 1. The minimum atomic E-state index is -0.360. The maximum absolute atomic E-state index is 11.0. The Kier molecular flexibility index (Phi) is 5.02. The van der Waals surface area contributed by atoms with E-state index in [1.54, 1.807) is 13.2 Å². The van der Waals surface area contributed by atoms with Crippen LogP contribution in [0.1, 0.15) is 31.7 Å². The zero-order chi connectivity index (χ0) is 14.7. The van der Waals surface area contributed by atoms with Gasteiger partial charge in [-0.15, -0.1) is 0 Å². The molecule has 1 aliphatic rings. The third kappa shape index (κ3) is 3.72. The van der Waals surface area contributed by atoms with E-state index >= 15 is 0 Å². The van der Waals surface area contributed by atoms with Crippen molar-refractivity contribution >= 4 is 21.6 Å². The van der Waals surface area contributed by atoms with Gasteiger partial charge >= 0.3 is 0 Å². The van der Waals surface area contributed by atoms with Gasteiger partial charge in [-0.05, 0) is 49.1 Å². The summed E-state index contributed by atoms with van der Waals surface area (Å²) in [6, 6.07) is 5.05. The minimum absolute atomic E-state index is 0.106. The highest BCUT2D eigenvalue weighted by atomic mass is 79.9. The maximum atomic E-state index is 11.0. The number of halogens is 1. The lowest BCUT2D eigenvalue weighted by Crippen LogP contribution is -2.25. The van der Waals surface area contributed by atoms with E-state index in [9.17, 15) is 10.1 Å². The van der Waals surface area contributed by atoms with Crippen LogP contribution >= 0.6 is 15.9 Å². The molecule has 0 saturated heterocycles. The lowest BCUT2D eigenvalue weighted by atomic mass is 9.79. The third-order valence-electron chi connectivity index (χ3n) is 4.05. The first kappa shape index (κ1) is 15.3. The number of nitro benzene ring substituents is 1. The number of ether oxygens (including phenoxy) is 1. The van der Waals surface area contributed by atoms with Crippen LogP contribution in [0.2, 0.25) is 0 Å². The lowest BCUT2D eigenvalue weighted by molar-refractivity contribution is -0.385. The molecule has 1 aliphatic carbocycles. The molecule has 0 aliphatic heterocycles. The van der Waals surface area contributed by atoms with Gasteiger partial charge in [0, 0.05) is 10.9 Å². The summed E-state index contributed by atoms with van der Waals surface area (Å²) in [5, 5.41) is 11.0. The number of nitrogens with zero attached hydrogens (tertiary/aromatic N) is 1. The quantitative estimate of drug-likeness (QED) is 0.464. The van der Waals surface area contributed by atoms with Gasteiger partial charge in [-0.1, -0.05) is 22.9 Å². The minimum Gasteiger partial charge on any atom is -0.496 e. The van der Waals surface area contributed by atoms with Crippen molar-refractivity contribution in [3.8, 4) is 5.75 Å². The van der Waals surface area contributed by atoms with Crippen LogP contribution in [0.15, 0.2) is 18.2 Å². The number of hydrogen-bond donors (Lipinski definition) is 0. The molecule has 1 aromatic carbocycles. The van der Waals surface area contributed by atoms with Crippen molar-refractivity contribution in [2.45, 2.75) is 37.4 Å². The van der Waals surface area contributed by atoms with Crippen molar-refractivity contribution in [3.63, 3.8) is 0 Å². The molecular weight excluding hydrogens is 322 g/mol. The molecule has 0 bridgehead atoms.